The van der Waals surface area contributed by atoms with Crippen LogP contribution in [-0.4, -0.2) is 17.2 Å². The fraction of sp³-hybridized carbons (Fsp3) is 0.0909. The van der Waals surface area contributed by atoms with Gasteiger partial charge < -0.3 is 0 Å². The third kappa shape index (κ3) is 2.14. The van der Waals surface area contributed by atoms with Crippen molar-refractivity contribution in [3.8, 4) is 10.6 Å². The van der Waals surface area contributed by atoms with Gasteiger partial charge in [-0.15, -0.1) is 11.3 Å². The monoisotopic (exact) mass is 239 g/mol. The van der Waals surface area contributed by atoms with Gasteiger partial charge in [-0.3, -0.25) is 4.79 Å². The molecule has 0 unspecified atom stereocenters. The Bertz CT molecular complexity index is 496. The van der Waals surface area contributed by atoms with E-state index < -0.39 is 12.2 Å². The molecule has 2 rings (SSSR count). The number of halogens is 2. The van der Waals surface area contributed by atoms with Crippen molar-refractivity contribution in [3.63, 3.8) is 0 Å². The predicted octanol–water partition coefficient (Wildman–Crippen LogP) is 3.26. The minimum absolute atomic E-state index is 0.00569. The number of nitrogens with zero attached hydrogens (tertiary/aromatic N) is 1. The van der Waals surface area contributed by atoms with E-state index in [-0.39, 0.29) is 4.88 Å². The number of ketones is 1. The Kier molecular flexibility index (Phi) is 3.05. The molecule has 0 saturated heterocycles. The highest BCUT2D eigenvalue weighted by molar-refractivity contribution is 7.17. The predicted molar refractivity (Wildman–Crippen MR) is 57.9 cm³/mol. The van der Waals surface area contributed by atoms with Crippen LogP contribution >= 0.6 is 11.3 Å². The highest BCUT2D eigenvalue weighted by Gasteiger charge is 2.20. The van der Waals surface area contributed by atoms with Crippen molar-refractivity contribution >= 4 is 17.1 Å². The summed E-state index contributed by atoms with van der Waals surface area (Å²) in [6, 6.07) is 9.13. The maximum atomic E-state index is 12.2. The van der Waals surface area contributed by atoms with Gasteiger partial charge in [0.05, 0.1) is 4.88 Å². The van der Waals surface area contributed by atoms with Gasteiger partial charge in [0.15, 0.2) is 0 Å². The molecule has 0 N–H and O–H groups in total. The van der Waals surface area contributed by atoms with Crippen LogP contribution in [0.2, 0.25) is 0 Å². The van der Waals surface area contributed by atoms with Crippen LogP contribution in [0, 0.1) is 0 Å². The van der Waals surface area contributed by atoms with Gasteiger partial charge in [0.2, 0.25) is 5.78 Å². The number of rotatable bonds is 3. The molecule has 0 aliphatic rings. The van der Waals surface area contributed by atoms with Gasteiger partial charge in [0, 0.05) is 11.8 Å². The second-order valence-electron chi connectivity index (χ2n) is 3.06. The van der Waals surface area contributed by atoms with E-state index in [0.717, 1.165) is 16.9 Å². The average molecular weight is 239 g/mol. The number of hydrogen-bond donors (Lipinski definition) is 0. The van der Waals surface area contributed by atoms with Gasteiger partial charge in [0.25, 0.3) is 0 Å². The first kappa shape index (κ1) is 10.9. The Labute approximate surface area is 94.6 Å². The minimum atomic E-state index is -2.97. The number of Topliss-reactive ketones (excluding diaryl/α,β-unsaturated/α-hetero) is 1. The van der Waals surface area contributed by atoms with E-state index in [2.05, 4.69) is 4.98 Å². The Balaban J connectivity index is 2.30. The van der Waals surface area contributed by atoms with Crippen LogP contribution in [-0.2, 0) is 0 Å². The molecule has 1 aromatic heterocycles. The first-order chi connectivity index (χ1) is 7.68. The highest BCUT2D eigenvalue weighted by atomic mass is 32.1. The SMILES string of the molecule is O=C(c1cnc(-c2ccccc2)s1)C(F)F. The molecule has 0 aliphatic heterocycles. The molecule has 1 aromatic carbocycles. The van der Waals surface area contributed by atoms with Gasteiger partial charge in [-0.05, 0) is 0 Å². The number of aromatic nitrogens is 1. The Morgan fingerprint density at radius 3 is 2.56 bits per heavy atom. The highest BCUT2D eigenvalue weighted by Crippen LogP contribution is 2.25. The molecule has 0 spiro atoms. The van der Waals surface area contributed by atoms with Gasteiger partial charge >= 0.3 is 6.43 Å². The van der Waals surface area contributed by atoms with E-state index in [1.165, 1.54) is 6.20 Å². The summed E-state index contributed by atoms with van der Waals surface area (Å²) in [5, 5.41) is 0.574. The molecular formula is C11H7F2NOS. The topological polar surface area (TPSA) is 30.0 Å². The largest absolute Gasteiger partial charge is 0.301 e. The molecule has 2 aromatic rings. The molecule has 0 aliphatic carbocycles. The molecular weight excluding hydrogens is 232 g/mol. The lowest BCUT2D eigenvalue weighted by atomic mass is 10.2. The van der Waals surface area contributed by atoms with Crippen LogP contribution in [0.3, 0.4) is 0 Å². The summed E-state index contributed by atoms with van der Waals surface area (Å²) in [6.45, 7) is 0. The van der Waals surface area contributed by atoms with Crippen LogP contribution in [0.5, 0.6) is 0 Å². The molecule has 16 heavy (non-hydrogen) atoms. The smallest absolute Gasteiger partial charge is 0.287 e. The first-order valence-electron chi connectivity index (χ1n) is 4.52. The van der Waals surface area contributed by atoms with Crippen molar-refractivity contribution in [2.24, 2.45) is 0 Å². The lowest BCUT2D eigenvalue weighted by molar-refractivity contribution is 0.0683. The zero-order chi connectivity index (χ0) is 11.5. The van der Waals surface area contributed by atoms with Crippen molar-refractivity contribution in [2.75, 3.05) is 0 Å². The Morgan fingerprint density at radius 1 is 1.25 bits per heavy atom. The maximum absolute atomic E-state index is 12.2. The second-order valence-corrected chi connectivity index (χ2v) is 4.09. The zero-order valence-corrected chi connectivity index (χ0v) is 8.88. The van der Waals surface area contributed by atoms with E-state index in [1.807, 2.05) is 30.3 Å². The fourth-order valence-electron chi connectivity index (χ4n) is 1.21. The Morgan fingerprint density at radius 2 is 1.94 bits per heavy atom. The van der Waals surface area contributed by atoms with Crippen LogP contribution in [0.4, 0.5) is 8.78 Å². The fourth-order valence-corrected chi connectivity index (χ4v) is 2.07. The normalized spacial score (nSPS) is 10.7. The van der Waals surface area contributed by atoms with Gasteiger partial charge in [-0.2, -0.15) is 0 Å². The molecule has 0 saturated carbocycles. The summed E-state index contributed by atoms with van der Waals surface area (Å²) >= 11 is 0.982. The van der Waals surface area contributed by atoms with Gasteiger partial charge in [0.1, 0.15) is 5.01 Å². The molecule has 2 nitrogen and oxygen atoms in total. The number of thiazole rings is 1. The lowest BCUT2D eigenvalue weighted by Gasteiger charge is -1.94. The number of carbonyl (C=O) groups is 1. The summed E-state index contributed by atoms with van der Waals surface area (Å²) in [4.78, 5) is 15.0. The van der Waals surface area contributed by atoms with E-state index in [9.17, 15) is 13.6 Å². The average Bonchev–Trinajstić information content (AvgIpc) is 2.78. The van der Waals surface area contributed by atoms with Gasteiger partial charge in [-0.25, -0.2) is 13.8 Å². The van der Waals surface area contributed by atoms with Crippen molar-refractivity contribution in [1.82, 2.24) is 4.98 Å². The molecule has 1 heterocycles. The molecule has 5 heteroatoms. The molecule has 82 valence electrons. The van der Waals surface area contributed by atoms with Crippen molar-refractivity contribution in [2.45, 2.75) is 6.43 Å². The third-order valence-electron chi connectivity index (χ3n) is 1.97. The van der Waals surface area contributed by atoms with Crippen LogP contribution < -0.4 is 0 Å². The standard InChI is InChI=1S/C11H7F2NOS/c12-10(13)9(15)8-6-14-11(16-8)7-4-2-1-3-5-7/h1-6,10H. The number of benzene rings is 1. The minimum Gasteiger partial charge on any atom is -0.287 e. The first-order valence-corrected chi connectivity index (χ1v) is 5.34. The molecule has 0 amide bonds. The molecule has 0 atom stereocenters. The van der Waals surface area contributed by atoms with Crippen molar-refractivity contribution < 1.29 is 13.6 Å². The Hall–Kier alpha value is -1.62. The van der Waals surface area contributed by atoms with Crippen LogP contribution in [0.25, 0.3) is 10.6 Å². The van der Waals surface area contributed by atoms with E-state index in [1.54, 1.807) is 0 Å². The molecule has 0 fully saturated rings. The third-order valence-corrected chi connectivity index (χ3v) is 3.03. The zero-order valence-electron chi connectivity index (χ0n) is 8.06. The summed E-state index contributed by atoms with van der Waals surface area (Å²) < 4.78 is 24.3. The number of alkyl halides is 2. The maximum Gasteiger partial charge on any atom is 0.301 e. The van der Waals surface area contributed by atoms with E-state index in [4.69, 9.17) is 0 Å². The van der Waals surface area contributed by atoms with Crippen LogP contribution in [0.1, 0.15) is 9.67 Å². The number of hydrogen-bond acceptors (Lipinski definition) is 3. The van der Waals surface area contributed by atoms with E-state index in [0.29, 0.717) is 5.01 Å². The quantitative estimate of drug-likeness (QED) is 0.769. The molecule has 0 bridgehead atoms. The second kappa shape index (κ2) is 4.49. The summed E-state index contributed by atoms with van der Waals surface area (Å²) in [7, 11) is 0. The van der Waals surface area contributed by atoms with Crippen molar-refractivity contribution in [1.29, 1.82) is 0 Å². The summed E-state index contributed by atoms with van der Waals surface area (Å²) in [6.07, 6.45) is -1.77. The lowest BCUT2D eigenvalue weighted by Crippen LogP contribution is -2.07. The van der Waals surface area contributed by atoms with E-state index >= 15 is 0 Å². The van der Waals surface area contributed by atoms with Crippen molar-refractivity contribution in [3.05, 3.63) is 41.4 Å². The van der Waals surface area contributed by atoms with Crippen LogP contribution in [0.15, 0.2) is 36.5 Å². The summed E-state index contributed by atoms with van der Waals surface area (Å²) in [5.74, 6) is -1.17. The molecule has 0 radical (unpaired) electrons. The number of carbonyl (C=O) groups excluding carboxylic acids is 1. The van der Waals surface area contributed by atoms with Gasteiger partial charge in [-0.1, -0.05) is 30.3 Å². The summed E-state index contributed by atoms with van der Waals surface area (Å²) in [5.41, 5.74) is 0.820.